The third kappa shape index (κ3) is 2.08. The van der Waals surface area contributed by atoms with E-state index in [9.17, 15) is 4.39 Å². The SMILES string of the molecule is CCn1c(-c2ccc(CN)cc2)nc2cc(F)ccc21. The number of hydrogen-bond donors (Lipinski definition) is 1. The van der Waals surface area contributed by atoms with Crippen LogP contribution in [-0.4, -0.2) is 9.55 Å². The number of fused-ring (bicyclic) bond motifs is 1. The topological polar surface area (TPSA) is 43.8 Å². The van der Waals surface area contributed by atoms with Gasteiger partial charge in [0.15, 0.2) is 0 Å². The molecule has 0 unspecified atom stereocenters. The minimum Gasteiger partial charge on any atom is -0.326 e. The lowest BCUT2D eigenvalue weighted by atomic mass is 10.1. The summed E-state index contributed by atoms with van der Waals surface area (Å²) in [6.45, 7) is 3.37. The Labute approximate surface area is 116 Å². The van der Waals surface area contributed by atoms with E-state index in [4.69, 9.17) is 5.73 Å². The van der Waals surface area contributed by atoms with Gasteiger partial charge in [0.25, 0.3) is 0 Å². The molecule has 4 heteroatoms. The van der Waals surface area contributed by atoms with Gasteiger partial charge in [-0.3, -0.25) is 0 Å². The summed E-state index contributed by atoms with van der Waals surface area (Å²) in [4.78, 5) is 4.56. The molecule has 0 saturated heterocycles. The van der Waals surface area contributed by atoms with Crippen LogP contribution in [0.15, 0.2) is 42.5 Å². The molecule has 3 aromatic rings. The van der Waals surface area contributed by atoms with Crippen LogP contribution in [0.25, 0.3) is 22.4 Å². The Morgan fingerprint density at radius 2 is 1.90 bits per heavy atom. The largest absolute Gasteiger partial charge is 0.326 e. The number of aryl methyl sites for hydroxylation is 1. The summed E-state index contributed by atoms with van der Waals surface area (Å²) in [6, 6.07) is 12.7. The zero-order valence-electron chi connectivity index (χ0n) is 11.3. The van der Waals surface area contributed by atoms with Crippen molar-refractivity contribution >= 4 is 11.0 Å². The predicted octanol–water partition coefficient (Wildman–Crippen LogP) is 3.32. The molecule has 0 amide bonds. The Balaban J connectivity index is 2.18. The van der Waals surface area contributed by atoms with Gasteiger partial charge < -0.3 is 10.3 Å². The molecule has 3 nitrogen and oxygen atoms in total. The maximum Gasteiger partial charge on any atom is 0.141 e. The molecule has 2 aromatic carbocycles. The first-order valence-electron chi connectivity index (χ1n) is 6.68. The van der Waals surface area contributed by atoms with E-state index in [-0.39, 0.29) is 5.82 Å². The van der Waals surface area contributed by atoms with Crippen molar-refractivity contribution in [2.45, 2.75) is 20.0 Å². The van der Waals surface area contributed by atoms with Crippen molar-refractivity contribution in [3.8, 4) is 11.4 Å². The van der Waals surface area contributed by atoms with Crippen LogP contribution in [0.2, 0.25) is 0 Å². The second-order valence-electron chi connectivity index (χ2n) is 4.71. The minimum absolute atomic E-state index is 0.261. The van der Waals surface area contributed by atoms with E-state index in [1.165, 1.54) is 12.1 Å². The van der Waals surface area contributed by atoms with Crippen LogP contribution in [0, 0.1) is 5.82 Å². The van der Waals surface area contributed by atoms with E-state index in [2.05, 4.69) is 16.5 Å². The van der Waals surface area contributed by atoms with E-state index in [0.717, 1.165) is 29.0 Å². The van der Waals surface area contributed by atoms with E-state index in [0.29, 0.717) is 12.1 Å². The Hall–Kier alpha value is -2.20. The number of nitrogens with two attached hydrogens (primary N) is 1. The van der Waals surface area contributed by atoms with Gasteiger partial charge in [0, 0.05) is 24.7 Å². The molecule has 1 aromatic heterocycles. The number of nitrogens with zero attached hydrogens (tertiary/aromatic N) is 2. The molecule has 0 spiro atoms. The first-order valence-corrected chi connectivity index (χ1v) is 6.68. The van der Waals surface area contributed by atoms with Gasteiger partial charge in [0.2, 0.25) is 0 Å². The Kier molecular flexibility index (Phi) is 3.24. The van der Waals surface area contributed by atoms with E-state index in [1.807, 2.05) is 24.3 Å². The zero-order valence-corrected chi connectivity index (χ0v) is 11.3. The van der Waals surface area contributed by atoms with Gasteiger partial charge >= 0.3 is 0 Å². The third-order valence-electron chi connectivity index (χ3n) is 3.47. The summed E-state index contributed by atoms with van der Waals surface area (Å²) in [5.41, 5.74) is 9.34. The third-order valence-corrected chi connectivity index (χ3v) is 3.47. The second kappa shape index (κ2) is 5.06. The summed E-state index contributed by atoms with van der Waals surface area (Å²) in [7, 11) is 0. The molecule has 0 fully saturated rings. The second-order valence-corrected chi connectivity index (χ2v) is 4.71. The molecule has 20 heavy (non-hydrogen) atoms. The van der Waals surface area contributed by atoms with E-state index >= 15 is 0 Å². The van der Waals surface area contributed by atoms with Crippen molar-refractivity contribution in [3.63, 3.8) is 0 Å². The lowest BCUT2D eigenvalue weighted by Gasteiger charge is -2.06. The fraction of sp³-hybridized carbons (Fsp3) is 0.188. The molecular formula is C16H16FN3. The molecule has 0 atom stereocenters. The highest BCUT2D eigenvalue weighted by Crippen LogP contribution is 2.25. The van der Waals surface area contributed by atoms with Gasteiger partial charge in [-0.2, -0.15) is 0 Å². The van der Waals surface area contributed by atoms with Crippen molar-refractivity contribution in [2.75, 3.05) is 0 Å². The van der Waals surface area contributed by atoms with Gasteiger partial charge in [-0.15, -0.1) is 0 Å². The molecule has 0 bridgehead atoms. The van der Waals surface area contributed by atoms with Gasteiger partial charge in [-0.25, -0.2) is 9.37 Å². The first-order chi connectivity index (χ1) is 9.72. The smallest absolute Gasteiger partial charge is 0.141 e. The van der Waals surface area contributed by atoms with Crippen LogP contribution in [0.4, 0.5) is 4.39 Å². The van der Waals surface area contributed by atoms with Crippen molar-refractivity contribution in [2.24, 2.45) is 5.73 Å². The van der Waals surface area contributed by atoms with Gasteiger partial charge in [-0.05, 0) is 24.6 Å². The quantitative estimate of drug-likeness (QED) is 0.792. The number of hydrogen-bond acceptors (Lipinski definition) is 2. The number of halogens is 1. The average Bonchev–Trinajstić information content (AvgIpc) is 2.84. The average molecular weight is 269 g/mol. The van der Waals surface area contributed by atoms with Crippen LogP contribution in [0.3, 0.4) is 0 Å². The van der Waals surface area contributed by atoms with Crippen LogP contribution in [0.1, 0.15) is 12.5 Å². The summed E-state index contributed by atoms with van der Waals surface area (Å²) in [5, 5.41) is 0. The molecule has 102 valence electrons. The normalized spacial score (nSPS) is 11.2. The van der Waals surface area contributed by atoms with Crippen LogP contribution in [0.5, 0.6) is 0 Å². The lowest BCUT2D eigenvalue weighted by molar-refractivity contribution is 0.629. The molecule has 0 aliphatic carbocycles. The maximum absolute atomic E-state index is 13.3. The molecular weight excluding hydrogens is 253 g/mol. The molecule has 0 radical (unpaired) electrons. The molecule has 1 heterocycles. The van der Waals surface area contributed by atoms with Gasteiger partial charge in [0.1, 0.15) is 11.6 Å². The monoisotopic (exact) mass is 269 g/mol. The van der Waals surface area contributed by atoms with E-state index in [1.54, 1.807) is 6.07 Å². The highest BCUT2D eigenvalue weighted by Gasteiger charge is 2.11. The van der Waals surface area contributed by atoms with Crippen molar-refractivity contribution in [3.05, 3.63) is 53.8 Å². The van der Waals surface area contributed by atoms with Crippen molar-refractivity contribution in [1.29, 1.82) is 0 Å². The predicted molar refractivity (Wildman–Crippen MR) is 78.7 cm³/mol. The number of aromatic nitrogens is 2. The molecule has 2 N–H and O–H groups in total. The highest BCUT2D eigenvalue weighted by atomic mass is 19.1. The summed E-state index contributed by atoms with van der Waals surface area (Å²) in [6.07, 6.45) is 0. The fourth-order valence-corrected chi connectivity index (χ4v) is 2.43. The number of imidazole rings is 1. The fourth-order valence-electron chi connectivity index (χ4n) is 2.43. The summed E-state index contributed by atoms with van der Waals surface area (Å²) in [5.74, 6) is 0.597. The minimum atomic E-state index is -0.261. The van der Waals surface area contributed by atoms with Crippen LogP contribution in [-0.2, 0) is 13.1 Å². The zero-order chi connectivity index (χ0) is 14.1. The Bertz CT molecular complexity index is 744. The molecule has 0 saturated carbocycles. The lowest BCUT2D eigenvalue weighted by Crippen LogP contribution is -1.99. The van der Waals surface area contributed by atoms with Crippen molar-refractivity contribution < 1.29 is 4.39 Å². The van der Waals surface area contributed by atoms with Gasteiger partial charge in [0.05, 0.1) is 11.0 Å². The first kappa shape index (κ1) is 12.8. The number of benzene rings is 2. The van der Waals surface area contributed by atoms with Crippen LogP contribution >= 0.6 is 0 Å². The molecule has 0 aliphatic heterocycles. The van der Waals surface area contributed by atoms with Crippen LogP contribution < -0.4 is 5.73 Å². The Morgan fingerprint density at radius 1 is 1.15 bits per heavy atom. The maximum atomic E-state index is 13.3. The summed E-state index contributed by atoms with van der Waals surface area (Å²) >= 11 is 0. The molecule has 3 rings (SSSR count). The highest BCUT2D eigenvalue weighted by molar-refractivity contribution is 5.80. The standard InChI is InChI=1S/C16H16FN3/c1-2-20-15-8-7-13(17)9-14(15)19-16(20)12-5-3-11(10-18)4-6-12/h3-9H,2,10,18H2,1H3. The molecule has 0 aliphatic rings. The Morgan fingerprint density at radius 3 is 2.55 bits per heavy atom. The summed E-state index contributed by atoms with van der Waals surface area (Å²) < 4.78 is 15.4. The van der Waals surface area contributed by atoms with E-state index < -0.39 is 0 Å². The van der Waals surface area contributed by atoms with Crippen molar-refractivity contribution in [1.82, 2.24) is 9.55 Å². The number of rotatable bonds is 3. The van der Waals surface area contributed by atoms with Gasteiger partial charge in [-0.1, -0.05) is 24.3 Å².